The van der Waals surface area contributed by atoms with Crippen LogP contribution in [-0.2, 0) is 18.4 Å². The lowest BCUT2D eigenvalue weighted by molar-refractivity contribution is 0.0935. The second-order valence-electron chi connectivity index (χ2n) is 11.2. The highest BCUT2D eigenvalue weighted by atomic mass is 16.5. The highest BCUT2D eigenvalue weighted by Gasteiger charge is 2.27. The van der Waals surface area contributed by atoms with Crippen molar-refractivity contribution in [3.05, 3.63) is 94.5 Å². The lowest BCUT2D eigenvalue weighted by Crippen LogP contribution is -2.27. The summed E-state index contributed by atoms with van der Waals surface area (Å²) in [5, 5.41) is 11.3. The van der Waals surface area contributed by atoms with E-state index in [0.717, 1.165) is 23.2 Å². The van der Waals surface area contributed by atoms with Crippen LogP contribution in [0, 0.1) is 0 Å². The zero-order valence-corrected chi connectivity index (χ0v) is 23.5. The average Bonchev–Trinajstić information content (AvgIpc) is 3.20. The minimum Gasteiger partial charge on any atom is -0.496 e. The van der Waals surface area contributed by atoms with E-state index in [9.17, 15) is 9.59 Å². The zero-order valence-electron chi connectivity index (χ0n) is 23.5. The number of primary amides is 1. The van der Waals surface area contributed by atoms with Gasteiger partial charge >= 0.3 is 0 Å². The number of para-hydroxylation sites is 1. The molecule has 8 nitrogen and oxygen atoms in total. The van der Waals surface area contributed by atoms with Gasteiger partial charge in [-0.25, -0.2) is 4.68 Å². The van der Waals surface area contributed by atoms with E-state index in [0.29, 0.717) is 34.9 Å². The van der Waals surface area contributed by atoms with Gasteiger partial charge < -0.3 is 21.1 Å². The Morgan fingerprint density at radius 3 is 2.48 bits per heavy atom. The van der Waals surface area contributed by atoms with E-state index in [1.807, 2.05) is 41.9 Å². The Morgan fingerprint density at radius 2 is 1.80 bits per heavy atom. The molecule has 3 aromatic carbocycles. The maximum atomic E-state index is 12.8. The molecule has 0 fully saturated rings. The average molecular weight is 538 g/mol. The Morgan fingerprint density at radius 1 is 1.07 bits per heavy atom. The van der Waals surface area contributed by atoms with E-state index in [2.05, 4.69) is 49.6 Å². The normalized spacial score (nSPS) is 13.3. The number of nitrogens with two attached hydrogens (primary N) is 1. The van der Waals surface area contributed by atoms with Crippen molar-refractivity contribution in [3.63, 3.8) is 0 Å². The van der Waals surface area contributed by atoms with Crippen LogP contribution in [0.4, 0.5) is 11.5 Å². The molecule has 0 bridgehead atoms. The topological polar surface area (TPSA) is 111 Å². The van der Waals surface area contributed by atoms with Crippen molar-refractivity contribution >= 4 is 23.3 Å². The summed E-state index contributed by atoms with van der Waals surface area (Å²) in [6.07, 6.45) is 0.779. The fourth-order valence-electron chi connectivity index (χ4n) is 5.05. The first-order valence-corrected chi connectivity index (χ1v) is 13.4. The molecule has 8 heteroatoms. The van der Waals surface area contributed by atoms with Gasteiger partial charge in [0.15, 0.2) is 0 Å². The number of aryl methyl sites for hydroxylation is 2. The fourth-order valence-corrected chi connectivity index (χ4v) is 5.05. The molecule has 1 aliphatic rings. The third-order valence-electron chi connectivity index (χ3n) is 7.40. The molecule has 0 aliphatic carbocycles. The number of ether oxygens (including phenoxy) is 1. The van der Waals surface area contributed by atoms with Gasteiger partial charge in [-0.3, -0.25) is 9.59 Å². The zero-order chi connectivity index (χ0) is 28.6. The maximum absolute atomic E-state index is 12.8. The quantitative estimate of drug-likeness (QED) is 0.290. The van der Waals surface area contributed by atoms with Gasteiger partial charge in [-0.1, -0.05) is 69.3 Å². The van der Waals surface area contributed by atoms with Gasteiger partial charge in [0.25, 0.3) is 11.8 Å². The summed E-state index contributed by atoms with van der Waals surface area (Å²) >= 11 is 0. The first-order valence-electron chi connectivity index (χ1n) is 13.4. The van der Waals surface area contributed by atoms with Crippen LogP contribution >= 0.6 is 0 Å². The summed E-state index contributed by atoms with van der Waals surface area (Å²) in [6.45, 7) is 9.13. The number of benzene rings is 3. The van der Waals surface area contributed by atoms with Crippen LogP contribution in [0.2, 0.25) is 0 Å². The molecule has 1 aromatic heterocycles. The van der Waals surface area contributed by atoms with Gasteiger partial charge in [0.2, 0.25) is 0 Å². The van der Waals surface area contributed by atoms with Crippen molar-refractivity contribution in [2.24, 2.45) is 5.73 Å². The Labute approximate surface area is 234 Å². The largest absolute Gasteiger partial charge is 0.496 e. The number of anilines is 2. The van der Waals surface area contributed by atoms with Crippen molar-refractivity contribution in [3.8, 4) is 17.0 Å². The number of nitrogens with zero attached hydrogens (tertiary/aromatic N) is 2. The second-order valence-corrected chi connectivity index (χ2v) is 11.2. The minimum atomic E-state index is -0.542. The Kier molecular flexibility index (Phi) is 7.10. The van der Waals surface area contributed by atoms with Crippen LogP contribution in [0.25, 0.3) is 11.3 Å². The number of fused-ring (bicyclic) bond motifs is 2. The molecule has 0 spiro atoms. The summed E-state index contributed by atoms with van der Waals surface area (Å²) < 4.78 is 7.15. The van der Waals surface area contributed by atoms with Crippen molar-refractivity contribution in [2.45, 2.75) is 52.1 Å². The van der Waals surface area contributed by atoms with Crippen LogP contribution in [0.3, 0.4) is 0 Å². The maximum Gasteiger partial charge on any atom is 0.255 e. The van der Waals surface area contributed by atoms with Crippen LogP contribution < -0.4 is 21.1 Å². The molecular weight excluding hydrogens is 502 g/mol. The van der Waals surface area contributed by atoms with E-state index < -0.39 is 5.91 Å². The van der Waals surface area contributed by atoms with Gasteiger partial charge in [-0.15, -0.1) is 0 Å². The first kappa shape index (κ1) is 27.0. The molecule has 4 aromatic rings. The van der Waals surface area contributed by atoms with E-state index in [1.54, 1.807) is 25.3 Å². The van der Waals surface area contributed by atoms with Crippen molar-refractivity contribution in [1.82, 2.24) is 15.1 Å². The molecule has 1 aliphatic heterocycles. The molecule has 0 saturated carbocycles. The molecule has 1 atom stereocenters. The van der Waals surface area contributed by atoms with E-state index >= 15 is 0 Å². The number of aromatic nitrogens is 2. The molecule has 0 radical (unpaired) electrons. The van der Waals surface area contributed by atoms with Crippen molar-refractivity contribution < 1.29 is 14.3 Å². The standard InChI is InChI=1S/C32H35N5O3/c1-19(34-31(39)24-8-6-7-9-26(24)40-5)20-10-12-21(13-11-20)28-27(29(33)38)30-35-25-15-14-23(32(2,3)4)18-22(25)16-17-37(30)36-28/h6-15,18-19,35H,16-17H2,1-5H3,(H2,33,38)(H,34,39). The Hall–Kier alpha value is -4.59. The molecule has 40 heavy (non-hydrogen) atoms. The number of amides is 2. The van der Waals surface area contributed by atoms with E-state index in [1.165, 1.54) is 11.1 Å². The van der Waals surface area contributed by atoms with Gasteiger partial charge in [-0.2, -0.15) is 5.10 Å². The lowest BCUT2D eigenvalue weighted by atomic mass is 9.85. The highest BCUT2D eigenvalue weighted by Crippen LogP contribution is 2.36. The number of carbonyl (C=O) groups excluding carboxylic acids is 2. The number of nitrogens with one attached hydrogen (secondary N) is 2. The summed E-state index contributed by atoms with van der Waals surface area (Å²) in [5.41, 5.74) is 12.4. The SMILES string of the molecule is COc1ccccc1C(=O)NC(C)c1ccc(-c2nn3c(c2C(N)=O)Nc2ccc(C(C)(C)C)cc2CC3)cc1. The number of carbonyl (C=O) groups is 2. The van der Waals surface area contributed by atoms with E-state index in [-0.39, 0.29) is 17.4 Å². The number of hydrogen-bond acceptors (Lipinski definition) is 5. The van der Waals surface area contributed by atoms with Crippen LogP contribution in [0.5, 0.6) is 5.75 Å². The summed E-state index contributed by atoms with van der Waals surface area (Å²) in [6, 6.07) is 20.9. The highest BCUT2D eigenvalue weighted by molar-refractivity contribution is 6.04. The fraction of sp³-hybridized carbons (Fsp3) is 0.281. The first-order chi connectivity index (χ1) is 19.1. The van der Waals surface area contributed by atoms with Gasteiger partial charge in [0.1, 0.15) is 22.8 Å². The monoisotopic (exact) mass is 537 g/mol. The summed E-state index contributed by atoms with van der Waals surface area (Å²) in [5.74, 6) is 0.363. The van der Waals surface area contributed by atoms with Gasteiger partial charge in [0.05, 0.1) is 18.7 Å². The molecule has 2 heterocycles. The van der Waals surface area contributed by atoms with Gasteiger partial charge in [-0.05, 0) is 53.6 Å². The van der Waals surface area contributed by atoms with E-state index in [4.69, 9.17) is 15.6 Å². The summed E-state index contributed by atoms with van der Waals surface area (Å²) in [7, 11) is 1.54. The third-order valence-corrected chi connectivity index (χ3v) is 7.40. The molecule has 206 valence electrons. The van der Waals surface area contributed by atoms with Crippen LogP contribution in [0.15, 0.2) is 66.7 Å². The molecule has 5 rings (SSSR count). The summed E-state index contributed by atoms with van der Waals surface area (Å²) in [4.78, 5) is 25.5. The van der Waals surface area contributed by atoms with Crippen LogP contribution in [-0.4, -0.2) is 28.7 Å². The minimum absolute atomic E-state index is 0.0430. The number of hydrogen-bond donors (Lipinski definition) is 3. The van der Waals surface area contributed by atoms with Crippen molar-refractivity contribution in [2.75, 3.05) is 12.4 Å². The lowest BCUT2D eigenvalue weighted by Gasteiger charge is -2.21. The third kappa shape index (κ3) is 5.17. The molecular formula is C32H35N5O3. The molecule has 2 amide bonds. The van der Waals surface area contributed by atoms with Gasteiger partial charge in [0, 0.05) is 17.8 Å². The Bertz CT molecular complexity index is 1580. The molecule has 0 saturated heterocycles. The number of rotatable bonds is 6. The second kappa shape index (κ2) is 10.5. The number of methoxy groups -OCH3 is 1. The van der Waals surface area contributed by atoms with Crippen molar-refractivity contribution in [1.29, 1.82) is 0 Å². The smallest absolute Gasteiger partial charge is 0.255 e. The predicted molar refractivity (Wildman–Crippen MR) is 157 cm³/mol. The predicted octanol–water partition coefficient (Wildman–Crippen LogP) is 5.75. The molecule has 4 N–H and O–H groups in total. The molecule has 1 unspecified atom stereocenters. The van der Waals surface area contributed by atoms with Crippen LogP contribution in [0.1, 0.15) is 71.1 Å². The Balaban J connectivity index is 1.40.